The third-order valence-electron chi connectivity index (χ3n) is 2.05. The Hall–Kier alpha value is -0.300. The largest absolute Gasteiger partial charge is 0.383 e. The van der Waals surface area contributed by atoms with Gasteiger partial charge < -0.3 is 20.5 Å². The summed E-state index contributed by atoms with van der Waals surface area (Å²) in [6.45, 7) is 1.57. The molecule has 0 saturated heterocycles. The van der Waals surface area contributed by atoms with Gasteiger partial charge in [0, 0.05) is 19.7 Å². The Bertz CT molecular complexity index is 151. The Labute approximate surface area is 95.5 Å². The highest BCUT2D eigenvalue weighted by Gasteiger charge is 2.07. The van der Waals surface area contributed by atoms with Crippen LogP contribution in [0.15, 0.2) is 0 Å². The quantitative estimate of drug-likeness (QED) is 0.520. The summed E-state index contributed by atoms with van der Waals surface area (Å²) in [4.78, 5) is 0. The molecule has 0 radical (unpaired) electrons. The van der Waals surface area contributed by atoms with Crippen LogP contribution in [0.25, 0.3) is 0 Å². The molecule has 0 heterocycles. The lowest BCUT2D eigenvalue weighted by atomic mass is 10.1. The molecule has 1 atom stereocenters. The Morgan fingerprint density at radius 1 is 1.31 bits per heavy atom. The number of nitrogens with one attached hydrogen (secondary N) is 1. The van der Waals surface area contributed by atoms with Gasteiger partial charge in [0.2, 0.25) is 0 Å². The van der Waals surface area contributed by atoms with Crippen LogP contribution in [0.4, 0.5) is 8.78 Å². The fourth-order valence-electron chi connectivity index (χ4n) is 1.32. The molecule has 16 heavy (non-hydrogen) atoms. The molecule has 0 amide bonds. The van der Waals surface area contributed by atoms with Crippen LogP contribution in [0.2, 0.25) is 0 Å². The van der Waals surface area contributed by atoms with Crippen LogP contribution in [0.1, 0.15) is 12.8 Å². The number of ether oxygens (including phenoxy) is 2. The van der Waals surface area contributed by atoms with Crippen molar-refractivity contribution in [3.05, 3.63) is 0 Å². The lowest BCUT2D eigenvalue weighted by Gasteiger charge is -2.17. The highest BCUT2D eigenvalue weighted by molar-refractivity contribution is 4.66. The fourth-order valence-corrected chi connectivity index (χ4v) is 1.32. The van der Waals surface area contributed by atoms with Crippen LogP contribution in [0.3, 0.4) is 0 Å². The summed E-state index contributed by atoms with van der Waals surface area (Å²) in [7, 11) is 1.63. The average Bonchev–Trinajstić information content (AvgIpc) is 2.24. The highest BCUT2D eigenvalue weighted by atomic mass is 19.3. The molecule has 0 aliphatic rings. The lowest BCUT2D eigenvalue weighted by Crippen LogP contribution is -2.36. The van der Waals surface area contributed by atoms with Crippen molar-refractivity contribution < 1.29 is 18.3 Å². The first kappa shape index (κ1) is 15.7. The van der Waals surface area contributed by atoms with Gasteiger partial charge in [0.15, 0.2) is 0 Å². The van der Waals surface area contributed by atoms with E-state index in [0.717, 1.165) is 12.8 Å². The first-order valence-corrected chi connectivity index (χ1v) is 5.49. The second kappa shape index (κ2) is 11.2. The van der Waals surface area contributed by atoms with Gasteiger partial charge in [0.05, 0.1) is 13.2 Å². The summed E-state index contributed by atoms with van der Waals surface area (Å²) in [5, 5.41) is 3.18. The van der Waals surface area contributed by atoms with Crippen LogP contribution < -0.4 is 11.1 Å². The van der Waals surface area contributed by atoms with E-state index in [0.29, 0.717) is 19.7 Å². The van der Waals surface area contributed by atoms with Crippen LogP contribution in [0.5, 0.6) is 0 Å². The average molecular weight is 240 g/mol. The zero-order valence-corrected chi connectivity index (χ0v) is 9.75. The van der Waals surface area contributed by atoms with Gasteiger partial charge in [-0.25, -0.2) is 8.78 Å². The van der Waals surface area contributed by atoms with E-state index in [9.17, 15) is 8.78 Å². The molecule has 0 aliphatic heterocycles. The highest BCUT2D eigenvalue weighted by Crippen LogP contribution is 1.97. The van der Waals surface area contributed by atoms with Crippen molar-refractivity contribution in [3.63, 3.8) is 0 Å². The van der Waals surface area contributed by atoms with Gasteiger partial charge in [0.1, 0.15) is 6.61 Å². The third-order valence-corrected chi connectivity index (χ3v) is 2.05. The minimum absolute atomic E-state index is 0.212. The monoisotopic (exact) mass is 240 g/mol. The molecule has 98 valence electrons. The number of hydrogen-bond acceptors (Lipinski definition) is 4. The van der Waals surface area contributed by atoms with Crippen LogP contribution in [-0.2, 0) is 9.47 Å². The van der Waals surface area contributed by atoms with Gasteiger partial charge in [0.25, 0.3) is 6.43 Å². The Balaban J connectivity index is 3.43. The summed E-state index contributed by atoms with van der Waals surface area (Å²) < 4.78 is 33.2. The van der Waals surface area contributed by atoms with Gasteiger partial charge in [-0.3, -0.25) is 0 Å². The number of hydrogen-bond donors (Lipinski definition) is 2. The number of alkyl halides is 2. The molecule has 0 aromatic carbocycles. The Morgan fingerprint density at radius 2 is 2.06 bits per heavy atom. The van der Waals surface area contributed by atoms with Crippen molar-refractivity contribution in [3.8, 4) is 0 Å². The molecule has 3 N–H and O–H groups in total. The summed E-state index contributed by atoms with van der Waals surface area (Å²) in [6, 6.07) is 0.212. The van der Waals surface area contributed by atoms with Crippen molar-refractivity contribution in [1.82, 2.24) is 5.32 Å². The number of halogens is 2. The van der Waals surface area contributed by atoms with E-state index in [1.54, 1.807) is 7.11 Å². The van der Waals surface area contributed by atoms with E-state index in [1.165, 1.54) is 0 Å². The summed E-state index contributed by atoms with van der Waals surface area (Å²) in [5.41, 5.74) is 5.41. The summed E-state index contributed by atoms with van der Waals surface area (Å²) >= 11 is 0. The van der Waals surface area contributed by atoms with E-state index < -0.39 is 13.0 Å². The maximum atomic E-state index is 11.7. The van der Waals surface area contributed by atoms with Gasteiger partial charge in [-0.05, 0) is 19.4 Å². The minimum atomic E-state index is -2.40. The van der Waals surface area contributed by atoms with E-state index in [4.69, 9.17) is 15.2 Å². The summed E-state index contributed by atoms with van der Waals surface area (Å²) in [6.07, 6.45) is -0.565. The Kier molecular flexibility index (Phi) is 11.0. The summed E-state index contributed by atoms with van der Waals surface area (Å²) in [5.74, 6) is 0. The van der Waals surface area contributed by atoms with Crippen LogP contribution in [0, 0.1) is 0 Å². The van der Waals surface area contributed by atoms with E-state index in [-0.39, 0.29) is 12.6 Å². The molecule has 4 nitrogen and oxygen atoms in total. The molecule has 0 aliphatic carbocycles. The molecule has 0 aromatic heterocycles. The maximum Gasteiger partial charge on any atom is 0.261 e. The molecule has 0 fully saturated rings. The van der Waals surface area contributed by atoms with Gasteiger partial charge in [-0.15, -0.1) is 0 Å². The van der Waals surface area contributed by atoms with Gasteiger partial charge >= 0.3 is 0 Å². The first-order valence-electron chi connectivity index (χ1n) is 5.49. The minimum Gasteiger partial charge on any atom is -0.383 e. The van der Waals surface area contributed by atoms with E-state index >= 15 is 0 Å². The standard InChI is InChI=1S/C10H22F2N2O2/c1-15-7-9(3-2-4-13)14-5-6-16-8-10(11)12/h9-10,14H,2-8,13H2,1H3. The molecule has 1 unspecified atom stereocenters. The normalized spacial score (nSPS) is 13.3. The van der Waals surface area contributed by atoms with E-state index in [2.05, 4.69) is 5.32 Å². The number of methoxy groups -OCH3 is 1. The second-order valence-corrected chi connectivity index (χ2v) is 3.50. The van der Waals surface area contributed by atoms with E-state index in [1.807, 2.05) is 0 Å². The van der Waals surface area contributed by atoms with Crippen molar-refractivity contribution >= 4 is 0 Å². The van der Waals surface area contributed by atoms with Crippen molar-refractivity contribution in [1.29, 1.82) is 0 Å². The maximum absolute atomic E-state index is 11.7. The molecular formula is C10H22F2N2O2. The smallest absolute Gasteiger partial charge is 0.261 e. The number of rotatable bonds is 11. The van der Waals surface area contributed by atoms with Crippen molar-refractivity contribution in [2.75, 3.05) is 40.0 Å². The molecular weight excluding hydrogens is 218 g/mol. The Morgan fingerprint density at radius 3 is 2.62 bits per heavy atom. The number of nitrogens with two attached hydrogens (primary N) is 1. The van der Waals surface area contributed by atoms with Crippen LogP contribution in [-0.4, -0.2) is 52.5 Å². The van der Waals surface area contributed by atoms with Gasteiger partial charge in [-0.1, -0.05) is 0 Å². The molecule has 0 aromatic rings. The lowest BCUT2D eigenvalue weighted by molar-refractivity contribution is 0.0174. The molecule has 0 bridgehead atoms. The SMILES string of the molecule is COCC(CCCN)NCCOCC(F)F. The molecule has 6 heteroatoms. The second-order valence-electron chi connectivity index (χ2n) is 3.50. The van der Waals surface area contributed by atoms with Crippen LogP contribution >= 0.6 is 0 Å². The molecule has 0 rings (SSSR count). The van der Waals surface area contributed by atoms with Gasteiger partial charge in [-0.2, -0.15) is 0 Å². The predicted octanol–water partition coefficient (Wildman–Crippen LogP) is 0.612. The van der Waals surface area contributed by atoms with Crippen molar-refractivity contribution in [2.24, 2.45) is 5.73 Å². The molecule has 0 saturated carbocycles. The zero-order valence-electron chi connectivity index (χ0n) is 9.75. The zero-order chi connectivity index (χ0) is 12.2. The topological polar surface area (TPSA) is 56.5 Å². The first-order chi connectivity index (χ1) is 7.70. The van der Waals surface area contributed by atoms with Crippen molar-refractivity contribution in [2.45, 2.75) is 25.3 Å². The fraction of sp³-hybridized carbons (Fsp3) is 1.00. The predicted molar refractivity (Wildman–Crippen MR) is 58.8 cm³/mol. The third kappa shape index (κ3) is 10.2. The molecule has 0 spiro atoms.